The van der Waals surface area contributed by atoms with Crippen LogP contribution in [-0.2, 0) is 21.6 Å². The van der Waals surface area contributed by atoms with Crippen LogP contribution in [0.15, 0.2) is 48.5 Å². The van der Waals surface area contributed by atoms with Crippen LogP contribution in [0, 0.1) is 13.8 Å². The fraction of sp³-hybridized carbons (Fsp3) is 0.320. The summed E-state index contributed by atoms with van der Waals surface area (Å²) in [5.74, 6) is -0.701. The molecular weight excluding hydrogens is 406 g/mol. The lowest BCUT2D eigenvalue weighted by Gasteiger charge is -2.24. The average Bonchev–Trinajstić information content (AvgIpc) is 3.19. The maximum Gasteiger partial charge on any atom is 0.325 e. The van der Waals surface area contributed by atoms with Gasteiger partial charge in [-0.3, -0.25) is 14.5 Å². The van der Waals surface area contributed by atoms with E-state index in [-0.39, 0.29) is 12.3 Å². The van der Waals surface area contributed by atoms with Crippen molar-refractivity contribution in [2.45, 2.75) is 32.9 Å². The molecule has 0 radical (unpaired) electrons. The van der Waals surface area contributed by atoms with Gasteiger partial charge in [-0.25, -0.2) is 4.79 Å². The van der Waals surface area contributed by atoms with Crippen LogP contribution in [-0.4, -0.2) is 47.4 Å². The number of urea groups is 1. The lowest BCUT2D eigenvalue weighted by Crippen LogP contribution is -2.41. The molecule has 0 spiro atoms. The van der Waals surface area contributed by atoms with E-state index in [2.05, 4.69) is 5.32 Å². The largest absolute Gasteiger partial charge is 0.383 e. The van der Waals surface area contributed by atoms with Crippen LogP contribution in [0.3, 0.4) is 0 Å². The van der Waals surface area contributed by atoms with Gasteiger partial charge >= 0.3 is 6.03 Å². The highest BCUT2D eigenvalue weighted by atomic mass is 16.5. The number of methoxy groups -OCH3 is 1. The standard InChI is InChI=1S/C25H27N3O4/c1-16-14-20(17(2)27(16)12-13-32-4)22(29)15-28-23(30)25(3,26-24(28)31)21-11-7-9-18-8-5-6-10-19(18)21/h5-11,14H,12-13,15H2,1-4H3,(H,26,31)/t25-/m0/s1. The number of hydrogen-bond donors (Lipinski definition) is 1. The third-order valence-electron chi connectivity index (χ3n) is 6.30. The molecule has 1 aromatic heterocycles. The molecule has 7 heteroatoms. The first kappa shape index (κ1) is 21.8. The summed E-state index contributed by atoms with van der Waals surface area (Å²) in [7, 11) is 1.63. The van der Waals surface area contributed by atoms with Crippen LogP contribution >= 0.6 is 0 Å². The highest BCUT2D eigenvalue weighted by molar-refractivity contribution is 6.12. The van der Waals surface area contributed by atoms with Gasteiger partial charge in [-0.1, -0.05) is 42.5 Å². The minimum atomic E-state index is -1.24. The Balaban J connectivity index is 1.62. The molecule has 3 aromatic rings. The number of fused-ring (bicyclic) bond motifs is 1. The van der Waals surface area contributed by atoms with Gasteiger partial charge in [0.05, 0.1) is 13.2 Å². The summed E-state index contributed by atoms with van der Waals surface area (Å²) in [6, 6.07) is 14.6. The number of carbonyl (C=O) groups is 3. The lowest BCUT2D eigenvalue weighted by molar-refractivity contribution is -0.130. The van der Waals surface area contributed by atoms with Crippen molar-refractivity contribution in [3.05, 3.63) is 71.0 Å². The van der Waals surface area contributed by atoms with E-state index in [1.807, 2.05) is 60.9 Å². The molecule has 0 unspecified atom stereocenters. The number of aryl methyl sites for hydroxylation is 1. The first-order valence-corrected chi connectivity index (χ1v) is 10.6. The Morgan fingerprint density at radius 1 is 1.09 bits per heavy atom. The maximum absolute atomic E-state index is 13.4. The molecule has 3 amide bonds. The number of imide groups is 1. The van der Waals surface area contributed by atoms with Crippen LogP contribution in [0.2, 0.25) is 0 Å². The number of nitrogens with zero attached hydrogens (tertiary/aromatic N) is 2. The number of amides is 3. The molecule has 1 atom stereocenters. The second-order valence-electron chi connectivity index (χ2n) is 8.33. The number of ketones is 1. The highest BCUT2D eigenvalue weighted by Crippen LogP contribution is 2.34. The van der Waals surface area contributed by atoms with Gasteiger partial charge in [-0.05, 0) is 43.2 Å². The van der Waals surface area contributed by atoms with E-state index in [0.717, 1.165) is 27.1 Å². The van der Waals surface area contributed by atoms with Crippen LogP contribution in [0.25, 0.3) is 10.8 Å². The van der Waals surface area contributed by atoms with E-state index < -0.39 is 17.5 Å². The van der Waals surface area contributed by atoms with Crippen LogP contribution in [0.5, 0.6) is 0 Å². The van der Waals surface area contributed by atoms with Crippen molar-refractivity contribution in [1.82, 2.24) is 14.8 Å². The number of rotatable bonds is 7. The summed E-state index contributed by atoms with van der Waals surface area (Å²) in [5.41, 5.74) is 1.71. The van der Waals surface area contributed by atoms with Crippen molar-refractivity contribution in [2.24, 2.45) is 0 Å². The van der Waals surface area contributed by atoms with Crippen molar-refractivity contribution in [3.63, 3.8) is 0 Å². The van der Waals surface area contributed by atoms with E-state index in [1.165, 1.54) is 0 Å². The zero-order valence-corrected chi connectivity index (χ0v) is 18.8. The van der Waals surface area contributed by atoms with Crippen molar-refractivity contribution in [3.8, 4) is 0 Å². The number of aromatic nitrogens is 1. The molecule has 32 heavy (non-hydrogen) atoms. The Hall–Kier alpha value is -3.45. The molecule has 1 N–H and O–H groups in total. The number of ether oxygens (including phenoxy) is 1. The topological polar surface area (TPSA) is 80.6 Å². The molecule has 0 aliphatic carbocycles. The zero-order chi connectivity index (χ0) is 23.0. The molecule has 0 bridgehead atoms. The first-order chi connectivity index (χ1) is 15.3. The molecule has 1 aliphatic heterocycles. The maximum atomic E-state index is 13.4. The Kier molecular flexibility index (Phi) is 5.60. The SMILES string of the molecule is COCCn1c(C)cc(C(=O)CN2C(=O)N[C@@](C)(c3cccc4ccccc34)C2=O)c1C. The van der Waals surface area contributed by atoms with E-state index in [4.69, 9.17) is 4.74 Å². The Morgan fingerprint density at radius 3 is 2.56 bits per heavy atom. The minimum Gasteiger partial charge on any atom is -0.383 e. The molecular formula is C25H27N3O4. The van der Waals surface area contributed by atoms with Gasteiger partial charge in [0.2, 0.25) is 0 Å². The molecule has 1 saturated heterocycles. The van der Waals surface area contributed by atoms with Crippen molar-refractivity contribution in [1.29, 1.82) is 0 Å². The summed E-state index contributed by atoms with van der Waals surface area (Å²) in [4.78, 5) is 40.3. The van der Waals surface area contributed by atoms with Crippen LogP contribution in [0.4, 0.5) is 4.79 Å². The second-order valence-corrected chi connectivity index (χ2v) is 8.33. The summed E-state index contributed by atoms with van der Waals surface area (Å²) < 4.78 is 7.15. The summed E-state index contributed by atoms with van der Waals surface area (Å²) in [6.45, 7) is 6.33. The fourth-order valence-electron chi connectivity index (χ4n) is 4.52. The molecule has 1 fully saturated rings. The average molecular weight is 434 g/mol. The summed E-state index contributed by atoms with van der Waals surface area (Å²) >= 11 is 0. The number of nitrogens with one attached hydrogen (secondary N) is 1. The predicted octanol–water partition coefficient (Wildman–Crippen LogP) is 3.55. The summed E-state index contributed by atoms with van der Waals surface area (Å²) in [5, 5.41) is 4.69. The van der Waals surface area contributed by atoms with Gasteiger partial charge in [-0.2, -0.15) is 0 Å². The fourth-order valence-corrected chi connectivity index (χ4v) is 4.52. The number of hydrogen-bond acceptors (Lipinski definition) is 4. The van der Waals surface area contributed by atoms with Gasteiger partial charge in [0.1, 0.15) is 5.54 Å². The van der Waals surface area contributed by atoms with Gasteiger partial charge in [0.25, 0.3) is 5.91 Å². The Morgan fingerprint density at radius 2 is 1.81 bits per heavy atom. The highest BCUT2D eigenvalue weighted by Gasteiger charge is 2.50. The van der Waals surface area contributed by atoms with Gasteiger partial charge in [-0.15, -0.1) is 0 Å². The monoisotopic (exact) mass is 433 g/mol. The Labute approximate surface area is 187 Å². The molecule has 2 aromatic carbocycles. The van der Waals surface area contributed by atoms with E-state index >= 15 is 0 Å². The van der Waals surface area contributed by atoms with Crippen molar-refractivity contribution in [2.75, 3.05) is 20.3 Å². The number of Topliss-reactive ketones (excluding diaryl/α,β-unsaturated/α-hetero) is 1. The van der Waals surface area contributed by atoms with Crippen LogP contribution < -0.4 is 5.32 Å². The smallest absolute Gasteiger partial charge is 0.325 e. The van der Waals surface area contributed by atoms with Gasteiger partial charge < -0.3 is 14.6 Å². The normalized spacial score (nSPS) is 18.4. The van der Waals surface area contributed by atoms with E-state index in [1.54, 1.807) is 20.1 Å². The quantitative estimate of drug-likeness (QED) is 0.456. The van der Waals surface area contributed by atoms with Crippen molar-refractivity contribution >= 4 is 28.5 Å². The lowest BCUT2D eigenvalue weighted by atomic mass is 9.88. The van der Waals surface area contributed by atoms with Crippen molar-refractivity contribution < 1.29 is 19.1 Å². The first-order valence-electron chi connectivity index (χ1n) is 10.6. The Bertz CT molecular complexity index is 1220. The molecule has 2 heterocycles. The third-order valence-corrected chi connectivity index (χ3v) is 6.30. The minimum absolute atomic E-state index is 0.271. The van der Waals surface area contributed by atoms with Crippen LogP contribution in [0.1, 0.15) is 34.2 Å². The summed E-state index contributed by atoms with van der Waals surface area (Å²) in [6.07, 6.45) is 0. The number of carbonyl (C=O) groups excluding carboxylic acids is 3. The number of benzene rings is 2. The van der Waals surface area contributed by atoms with Gasteiger partial charge in [0, 0.05) is 30.6 Å². The second kappa shape index (κ2) is 8.24. The third kappa shape index (κ3) is 3.48. The van der Waals surface area contributed by atoms with E-state index in [0.29, 0.717) is 24.3 Å². The molecule has 166 valence electrons. The molecule has 7 nitrogen and oxygen atoms in total. The van der Waals surface area contributed by atoms with E-state index in [9.17, 15) is 14.4 Å². The van der Waals surface area contributed by atoms with Gasteiger partial charge in [0.15, 0.2) is 5.78 Å². The zero-order valence-electron chi connectivity index (χ0n) is 18.8. The molecule has 1 aliphatic rings. The molecule has 4 rings (SSSR count). The molecule has 0 saturated carbocycles. The predicted molar refractivity (Wildman–Crippen MR) is 122 cm³/mol.